The molecule has 0 atom stereocenters. The van der Waals surface area contributed by atoms with Gasteiger partial charge in [-0.05, 0) is 38.0 Å². The van der Waals surface area contributed by atoms with Crippen LogP contribution in [0.25, 0.3) is 11.3 Å². The molecule has 3 nitrogen and oxygen atoms in total. The Morgan fingerprint density at radius 2 is 2.05 bits per heavy atom. The molecule has 1 aliphatic rings. The van der Waals surface area contributed by atoms with Crippen molar-refractivity contribution in [3.63, 3.8) is 0 Å². The van der Waals surface area contributed by atoms with Gasteiger partial charge in [-0.2, -0.15) is 0 Å². The first-order valence-electron chi connectivity index (χ1n) is 6.15. The fourth-order valence-corrected chi connectivity index (χ4v) is 2.28. The summed E-state index contributed by atoms with van der Waals surface area (Å²) in [6.07, 6.45) is 2.19. The van der Waals surface area contributed by atoms with Crippen LogP contribution in [0.1, 0.15) is 30.1 Å². The highest BCUT2D eigenvalue weighted by atomic mass is 35.5. The van der Waals surface area contributed by atoms with Crippen LogP contribution >= 0.6 is 11.6 Å². The van der Waals surface area contributed by atoms with Crippen molar-refractivity contribution in [1.82, 2.24) is 9.97 Å². The van der Waals surface area contributed by atoms with Gasteiger partial charge in [0.15, 0.2) is 0 Å². The van der Waals surface area contributed by atoms with Gasteiger partial charge in [-0.1, -0.05) is 11.6 Å². The van der Waals surface area contributed by atoms with E-state index in [0.29, 0.717) is 28.0 Å². The van der Waals surface area contributed by atoms with E-state index in [1.54, 1.807) is 6.07 Å². The van der Waals surface area contributed by atoms with Crippen LogP contribution in [0.3, 0.4) is 0 Å². The Hall–Kier alpha value is -1.68. The van der Waals surface area contributed by atoms with Gasteiger partial charge in [0, 0.05) is 17.0 Å². The van der Waals surface area contributed by atoms with E-state index in [0.717, 1.165) is 24.2 Å². The highest BCUT2D eigenvalue weighted by molar-refractivity contribution is 6.33. The Bertz CT molecular complexity index is 653. The lowest BCUT2D eigenvalue weighted by Crippen LogP contribution is -2.04. The number of aromatic nitrogens is 2. The fraction of sp³-hybridized carbons (Fsp3) is 0.286. The van der Waals surface area contributed by atoms with Gasteiger partial charge >= 0.3 is 0 Å². The van der Waals surface area contributed by atoms with Gasteiger partial charge in [-0.15, -0.1) is 0 Å². The summed E-state index contributed by atoms with van der Waals surface area (Å²) in [6, 6.07) is 4.28. The molecule has 2 aromatic rings. The first-order valence-corrected chi connectivity index (χ1v) is 6.53. The molecule has 1 fully saturated rings. The molecule has 0 unspecified atom stereocenters. The zero-order chi connectivity index (χ0) is 13.6. The molecule has 19 heavy (non-hydrogen) atoms. The van der Waals surface area contributed by atoms with Crippen LogP contribution in [-0.2, 0) is 0 Å². The van der Waals surface area contributed by atoms with Gasteiger partial charge in [-0.3, -0.25) is 0 Å². The second kappa shape index (κ2) is 4.46. The number of benzene rings is 1. The third-order valence-electron chi connectivity index (χ3n) is 3.33. The topological polar surface area (TPSA) is 51.8 Å². The van der Waals surface area contributed by atoms with Crippen molar-refractivity contribution in [2.75, 3.05) is 5.73 Å². The van der Waals surface area contributed by atoms with Crippen LogP contribution < -0.4 is 5.73 Å². The number of nitrogens with two attached hydrogens (primary N) is 1. The van der Waals surface area contributed by atoms with Gasteiger partial charge < -0.3 is 5.73 Å². The van der Waals surface area contributed by atoms with Crippen molar-refractivity contribution in [1.29, 1.82) is 0 Å². The Morgan fingerprint density at radius 3 is 2.68 bits per heavy atom. The predicted molar refractivity (Wildman–Crippen MR) is 73.6 cm³/mol. The maximum atomic E-state index is 13.1. The number of nitrogens with zero attached hydrogens (tertiary/aromatic N) is 2. The number of halogens is 2. The molecule has 0 amide bonds. The van der Waals surface area contributed by atoms with Crippen molar-refractivity contribution in [2.45, 2.75) is 25.7 Å². The fourth-order valence-electron chi connectivity index (χ4n) is 2.02. The first kappa shape index (κ1) is 12.4. The van der Waals surface area contributed by atoms with E-state index in [1.807, 2.05) is 6.92 Å². The summed E-state index contributed by atoms with van der Waals surface area (Å²) in [5.41, 5.74) is 8.10. The minimum absolute atomic E-state index is 0.336. The molecule has 1 aromatic carbocycles. The van der Waals surface area contributed by atoms with Crippen molar-refractivity contribution in [3.8, 4) is 11.3 Å². The second-order valence-electron chi connectivity index (χ2n) is 4.84. The number of anilines is 1. The van der Waals surface area contributed by atoms with Crippen molar-refractivity contribution in [3.05, 3.63) is 40.4 Å². The van der Waals surface area contributed by atoms with Crippen LogP contribution in [0.4, 0.5) is 10.2 Å². The summed E-state index contributed by atoms with van der Waals surface area (Å²) >= 11 is 6.09. The van der Waals surface area contributed by atoms with Gasteiger partial charge in [0.05, 0.1) is 10.7 Å². The Labute approximate surface area is 115 Å². The lowest BCUT2D eigenvalue weighted by atomic mass is 10.1. The standard InChI is InChI=1S/C14H13ClFN3/c1-7-12(10-5-4-9(16)6-11(10)15)18-14(8-2-3-8)19-13(7)17/h4-6,8H,2-3H2,1H3,(H2,17,18,19). The maximum Gasteiger partial charge on any atom is 0.134 e. The zero-order valence-electron chi connectivity index (χ0n) is 10.5. The van der Waals surface area contributed by atoms with E-state index >= 15 is 0 Å². The molecule has 5 heteroatoms. The summed E-state index contributed by atoms with van der Waals surface area (Å²) in [4.78, 5) is 8.88. The van der Waals surface area contributed by atoms with Gasteiger partial charge in [0.2, 0.25) is 0 Å². The van der Waals surface area contributed by atoms with Crippen LogP contribution in [0.2, 0.25) is 5.02 Å². The van der Waals surface area contributed by atoms with Gasteiger partial charge in [-0.25, -0.2) is 14.4 Å². The Morgan fingerprint density at radius 1 is 1.32 bits per heavy atom. The summed E-state index contributed by atoms with van der Waals surface area (Å²) in [5.74, 6) is 1.27. The molecule has 1 heterocycles. The van der Waals surface area contributed by atoms with Crippen molar-refractivity contribution in [2.24, 2.45) is 0 Å². The molecule has 2 N–H and O–H groups in total. The predicted octanol–water partition coefficient (Wildman–Crippen LogP) is 3.70. The Kier molecular flexibility index (Phi) is 2.90. The van der Waals surface area contributed by atoms with Crippen LogP contribution in [0, 0.1) is 12.7 Å². The van der Waals surface area contributed by atoms with E-state index in [1.165, 1.54) is 12.1 Å². The Balaban J connectivity index is 2.17. The largest absolute Gasteiger partial charge is 0.383 e. The van der Waals surface area contributed by atoms with Crippen LogP contribution in [-0.4, -0.2) is 9.97 Å². The molecule has 98 valence electrons. The van der Waals surface area contributed by atoms with E-state index in [4.69, 9.17) is 17.3 Å². The highest BCUT2D eigenvalue weighted by Crippen LogP contribution is 2.40. The van der Waals surface area contributed by atoms with Crippen LogP contribution in [0.5, 0.6) is 0 Å². The number of rotatable bonds is 2. The quantitative estimate of drug-likeness (QED) is 0.910. The molecule has 3 rings (SSSR count). The van der Waals surface area contributed by atoms with Gasteiger partial charge in [0.1, 0.15) is 17.5 Å². The number of hydrogen-bond acceptors (Lipinski definition) is 3. The minimum Gasteiger partial charge on any atom is -0.383 e. The molecule has 0 radical (unpaired) electrons. The first-order chi connectivity index (χ1) is 9.06. The third-order valence-corrected chi connectivity index (χ3v) is 3.64. The average molecular weight is 278 g/mol. The zero-order valence-corrected chi connectivity index (χ0v) is 11.2. The van der Waals surface area contributed by atoms with Crippen LogP contribution in [0.15, 0.2) is 18.2 Å². The lowest BCUT2D eigenvalue weighted by Gasteiger charge is -2.11. The molecule has 1 aromatic heterocycles. The van der Waals surface area contributed by atoms with E-state index in [2.05, 4.69) is 9.97 Å². The van der Waals surface area contributed by atoms with Gasteiger partial charge in [0.25, 0.3) is 0 Å². The molecule has 1 saturated carbocycles. The molecule has 0 saturated heterocycles. The average Bonchev–Trinajstić information content (AvgIpc) is 3.17. The molecule has 0 spiro atoms. The molecule has 0 bridgehead atoms. The smallest absolute Gasteiger partial charge is 0.134 e. The summed E-state index contributed by atoms with van der Waals surface area (Å²) in [5, 5.41) is 0.336. The molecule has 1 aliphatic carbocycles. The molecular formula is C14H13ClFN3. The normalized spacial score (nSPS) is 14.7. The molecular weight excluding hydrogens is 265 g/mol. The molecule has 0 aliphatic heterocycles. The van der Waals surface area contributed by atoms with E-state index in [-0.39, 0.29) is 5.82 Å². The number of nitrogen functional groups attached to an aromatic ring is 1. The minimum atomic E-state index is -0.365. The van der Waals surface area contributed by atoms with Crippen molar-refractivity contribution >= 4 is 17.4 Å². The number of hydrogen-bond donors (Lipinski definition) is 1. The van der Waals surface area contributed by atoms with E-state index in [9.17, 15) is 4.39 Å². The maximum absolute atomic E-state index is 13.1. The third kappa shape index (κ3) is 2.28. The summed E-state index contributed by atoms with van der Waals surface area (Å²) in [7, 11) is 0. The SMILES string of the molecule is Cc1c(N)nc(C2CC2)nc1-c1ccc(F)cc1Cl. The van der Waals surface area contributed by atoms with E-state index < -0.39 is 0 Å². The lowest BCUT2D eigenvalue weighted by molar-refractivity contribution is 0.628. The summed E-state index contributed by atoms with van der Waals surface area (Å²) in [6.45, 7) is 1.85. The monoisotopic (exact) mass is 277 g/mol. The van der Waals surface area contributed by atoms with Crippen molar-refractivity contribution < 1.29 is 4.39 Å². The second-order valence-corrected chi connectivity index (χ2v) is 5.25. The highest BCUT2D eigenvalue weighted by Gasteiger charge is 2.28. The summed E-state index contributed by atoms with van der Waals surface area (Å²) < 4.78 is 13.1.